The lowest BCUT2D eigenvalue weighted by Crippen LogP contribution is -1.92. The van der Waals surface area contributed by atoms with E-state index in [0.29, 0.717) is 5.56 Å². The minimum atomic E-state index is -0.292. The molecule has 2 nitrogen and oxygen atoms in total. The fourth-order valence-electron chi connectivity index (χ4n) is 1.44. The molecule has 0 N–H and O–H groups in total. The lowest BCUT2D eigenvalue weighted by atomic mass is 10.1. The topological polar surface area (TPSA) is 29.4 Å². The Morgan fingerprint density at radius 1 is 1.13 bits per heavy atom. The lowest BCUT2D eigenvalue weighted by Gasteiger charge is -2.00. The highest BCUT2D eigenvalue weighted by Crippen LogP contribution is 2.21. The fourth-order valence-corrected chi connectivity index (χ4v) is 1.82. The summed E-state index contributed by atoms with van der Waals surface area (Å²) >= 11 is 3.40. The van der Waals surface area contributed by atoms with Gasteiger partial charge in [-0.05, 0) is 41.8 Å². The first-order valence-corrected chi connectivity index (χ1v) is 5.20. The summed E-state index contributed by atoms with van der Waals surface area (Å²) in [6, 6.07) is 11.4. The van der Waals surface area contributed by atoms with Gasteiger partial charge in [0.25, 0.3) is 5.91 Å². The molecular weight excluding hydrogens is 254 g/mol. The molecule has 0 bridgehead atoms. The molecule has 0 spiro atoms. The maximum Gasteiger partial charge on any atom is 0.276 e. The molecule has 0 aliphatic rings. The van der Waals surface area contributed by atoms with E-state index in [4.69, 9.17) is 0 Å². The van der Waals surface area contributed by atoms with Crippen molar-refractivity contribution >= 4 is 39.3 Å². The van der Waals surface area contributed by atoms with Gasteiger partial charge in [0.05, 0.1) is 0 Å². The van der Waals surface area contributed by atoms with Crippen molar-refractivity contribution in [2.75, 3.05) is 0 Å². The molecule has 3 heteroatoms. The molecule has 15 heavy (non-hydrogen) atoms. The molecule has 0 aromatic heterocycles. The average Bonchev–Trinajstić information content (AvgIpc) is 2.27. The van der Waals surface area contributed by atoms with Gasteiger partial charge in [-0.2, -0.15) is 0 Å². The van der Waals surface area contributed by atoms with E-state index >= 15 is 0 Å². The number of amides is 1. The molecule has 2 rings (SSSR count). The van der Waals surface area contributed by atoms with Gasteiger partial charge in [0, 0.05) is 10.0 Å². The number of rotatable bonds is 1. The van der Waals surface area contributed by atoms with Crippen LogP contribution in [0.4, 0.5) is 0 Å². The molecule has 0 aliphatic carbocycles. The number of halogens is 1. The van der Waals surface area contributed by atoms with Gasteiger partial charge >= 0.3 is 0 Å². The zero-order valence-electron chi connectivity index (χ0n) is 7.90. The van der Waals surface area contributed by atoms with Gasteiger partial charge < -0.3 is 0 Å². The number of fused-ring (bicyclic) bond motifs is 1. The van der Waals surface area contributed by atoms with Crippen LogP contribution in [0.15, 0.2) is 45.9 Å². The van der Waals surface area contributed by atoms with Gasteiger partial charge in [0.2, 0.25) is 0 Å². The Bertz CT molecular complexity index is 548. The normalized spacial score (nSPS) is 10.2. The Kier molecular flexibility index (Phi) is 2.64. The molecular formula is C12H8BrNO. The third kappa shape index (κ3) is 1.97. The SMILES string of the molecule is C=NC(=O)c1ccc2cc(Br)ccc2c1. The van der Waals surface area contributed by atoms with Crippen molar-refractivity contribution < 1.29 is 4.79 Å². The van der Waals surface area contributed by atoms with E-state index in [-0.39, 0.29) is 5.91 Å². The number of carbonyl (C=O) groups excluding carboxylic acids is 1. The molecule has 0 saturated heterocycles. The highest BCUT2D eigenvalue weighted by Gasteiger charge is 2.03. The van der Waals surface area contributed by atoms with Crippen molar-refractivity contribution in [2.24, 2.45) is 4.99 Å². The minimum Gasteiger partial charge on any atom is -0.267 e. The number of carbonyl (C=O) groups is 1. The highest BCUT2D eigenvalue weighted by molar-refractivity contribution is 9.10. The van der Waals surface area contributed by atoms with Crippen LogP contribution in [-0.2, 0) is 0 Å². The molecule has 0 radical (unpaired) electrons. The van der Waals surface area contributed by atoms with Crippen LogP contribution in [-0.4, -0.2) is 12.6 Å². The second-order valence-electron chi connectivity index (χ2n) is 3.17. The number of benzene rings is 2. The van der Waals surface area contributed by atoms with Crippen LogP contribution in [0.1, 0.15) is 10.4 Å². The molecule has 1 amide bonds. The first-order chi connectivity index (χ1) is 7.20. The van der Waals surface area contributed by atoms with E-state index in [2.05, 4.69) is 27.6 Å². The van der Waals surface area contributed by atoms with Crippen LogP contribution in [0, 0.1) is 0 Å². The standard InChI is InChI=1S/C12H8BrNO/c1-14-12(15)10-3-2-9-7-11(13)5-4-8(9)6-10/h2-7H,1H2. The van der Waals surface area contributed by atoms with Crippen molar-refractivity contribution in [1.29, 1.82) is 0 Å². The summed E-state index contributed by atoms with van der Waals surface area (Å²) in [7, 11) is 0. The number of hydrogen-bond donors (Lipinski definition) is 0. The summed E-state index contributed by atoms with van der Waals surface area (Å²) in [6.45, 7) is 3.22. The van der Waals surface area contributed by atoms with E-state index in [1.807, 2.05) is 30.3 Å². The van der Waals surface area contributed by atoms with Crippen molar-refractivity contribution in [1.82, 2.24) is 0 Å². The summed E-state index contributed by atoms with van der Waals surface area (Å²) in [4.78, 5) is 14.7. The molecule has 2 aromatic carbocycles. The quantitative estimate of drug-likeness (QED) is 0.724. The Morgan fingerprint density at radius 3 is 2.53 bits per heavy atom. The smallest absolute Gasteiger partial charge is 0.267 e. The highest BCUT2D eigenvalue weighted by atomic mass is 79.9. The van der Waals surface area contributed by atoms with Crippen molar-refractivity contribution in [3.63, 3.8) is 0 Å². The van der Waals surface area contributed by atoms with Crippen LogP contribution < -0.4 is 0 Å². The van der Waals surface area contributed by atoms with Crippen LogP contribution in [0.2, 0.25) is 0 Å². The summed E-state index contributed by atoms with van der Waals surface area (Å²) in [5.41, 5.74) is 0.569. The van der Waals surface area contributed by atoms with Gasteiger partial charge in [-0.1, -0.05) is 28.1 Å². The first kappa shape index (κ1) is 10.1. The number of aliphatic imine (C=N–C) groups is 1. The molecule has 74 valence electrons. The summed E-state index contributed by atoms with van der Waals surface area (Å²) in [6.07, 6.45) is 0. The maximum atomic E-state index is 11.3. The van der Waals surface area contributed by atoms with Gasteiger partial charge in [0.1, 0.15) is 0 Å². The van der Waals surface area contributed by atoms with Crippen LogP contribution in [0.3, 0.4) is 0 Å². The molecule has 0 atom stereocenters. The van der Waals surface area contributed by atoms with Gasteiger partial charge in [-0.3, -0.25) is 4.79 Å². The van der Waals surface area contributed by atoms with E-state index < -0.39 is 0 Å². The predicted octanol–water partition coefficient (Wildman–Crippen LogP) is 3.44. The third-order valence-electron chi connectivity index (χ3n) is 2.19. The predicted molar refractivity (Wildman–Crippen MR) is 65.5 cm³/mol. The Labute approximate surface area is 95.8 Å². The van der Waals surface area contributed by atoms with E-state index in [0.717, 1.165) is 15.2 Å². The molecule has 0 unspecified atom stereocenters. The molecule has 0 saturated carbocycles. The largest absolute Gasteiger partial charge is 0.276 e. The van der Waals surface area contributed by atoms with Gasteiger partial charge in [-0.25, -0.2) is 4.99 Å². The Morgan fingerprint density at radius 2 is 1.80 bits per heavy atom. The van der Waals surface area contributed by atoms with Crippen LogP contribution in [0.5, 0.6) is 0 Å². The maximum absolute atomic E-state index is 11.3. The van der Waals surface area contributed by atoms with Crippen molar-refractivity contribution in [3.8, 4) is 0 Å². The second kappa shape index (κ2) is 3.95. The summed E-state index contributed by atoms with van der Waals surface area (Å²) < 4.78 is 1.02. The zero-order valence-corrected chi connectivity index (χ0v) is 9.49. The van der Waals surface area contributed by atoms with Crippen LogP contribution in [0.25, 0.3) is 10.8 Å². The minimum absolute atomic E-state index is 0.292. The van der Waals surface area contributed by atoms with Crippen molar-refractivity contribution in [3.05, 3.63) is 46.4 Å². The van der Waals surface area contributed by atoms with E-state index in [9.17, 15) is 4.79 Å². The average molecular weight is 262 g/mol. The first-order valence-electron chi connectivity index (χ1n) is 4.41. The fraction of sp³-hybridized carbons (Fsp3) is 0. The number of hydrogen-bond acceptors (Lipinski definition) is 1. The molecule has 2 aromatic rings. The van der Waals surface area contributed by atoms with Gasteiger partial charge in [0.15, 0.2) is 0 Å². The third-order valence-corrected chi connectivity index (χ3v) is 2.69. The molecule has 0 fully saturated rings. The Hall–Kier alpha value is -1.48. The zero-order chi connectivity index (χ0) is 10.8. The Balaban J connectivity index is 2.61. The monoisotopic (exact) mass is 261 g/mol. The number of nitrogens with zero attached hydrogens (tertiary/aromatic N) is 1. The second-order valence-corrected chi connectivity index (χ2v) is 4.09. The molecule has 0 heterocycles. The summed E-state index contributed by atoms with van der Waals surface area (Å²) in [5, 5.41) is 2.11. The van der Waals surface area contributed by atoms with E-state index in [1.54, 1.807) is 6.07 Å². The van der Waals surface area contributed by atoms with E-state index in [1.165, 1.54) is 0 Å². The summed E-state index contributed by atoms with van der Waals surface area (Å²) in [5.74, 6) is -0.292. The van der Waals surface area contributed by atoms with Gasteiger partial charge in [-0.15, -0.1) is 0 Å². The lowest BCUT2D eigenvalue weighted by molar-refractivity contribution is 0.100. The van der Waals surface area contributed by atoms with Crippen molar-refractivity contribution in [2.45, 2.75) is 0 Å². The molecule has 0 aliphatic heterocycles. The van der Waals surface area contributed by atoms with Crippen LogP contribution >= 0.6 is 15.9 Å².